The fourth-order valence-corrected chi connectivity index (χ4v) is 2.01. The SMILES string of the molecule is C=CCN(CCC(=O)OCC)C(=O)c1cccc(NC(C)=O)c1. The fraction of sp³-hybridized carbons (Fsp3) is 0.353. The lowest BCUT2D eigenvalue weighted by Crippen LogP contribution is -2.33. The van der Waals surface area contributed by atoms with E-state index in [0.717, 1.165) is 0 Å². The van der Waals surface area contributed by atoms with Crippen LogP contribution < -0.4 is 5.32 Å². The Morgan fingerprint density at radius 3 is 2.70 bits per heavy atom. The number of nitrogens with zero attached hydrogens (tertiary/aromatic N) is 1. The monoisotopic (exact) mass is 318 g/mol. The summed E-state index contributed by atoms with van der Waals surface area (Å²) in [5, 5.41) is 2.63. The maximum atomic E-state index is 12.6. The van der Waals surface area contributed by atoms with Crippen LogP contribution in [0.5, 0.6) is 0 Å². The summed E-state index contributed by atoms with van der Waals surface area (Å²) in [6, 6.07) is 6.66. The standard InChI is InChI=1S/C17H22N2O4/c1-4-10-19(11-9-16(21)23-5-2)17(22)14-7-6-8-15(12-14)18-13(3)20/h4,6-8,12H,1,5,9-11H2,2-3H3,(H,18,20). The molecule has 0 aromatic heterocycles. The molecule has 124 valence electrons. The van der Waals surface area contributed by atoms with Gasteiger partial charge in [0.05, 0.1) is 13.0 Å². The normalized spacial score (nSPS) is 9.83. The molecule has 6 heteroatoms. The van der Waals surface area contributed by atoms with Gasteiger partial charge in [0.15, 0.2) is 0 Å². The molecule has 1 N–H and O–H groups in total. The molecule has 0 radical (unpaired) electrons. The average molecular weight is 318 g/mol. The molecule has 0 aliphatic rings. The fourth-order valence-electron chi connectivity index (χ4n) is 2.01. The van der Waals surface area contributed by atoms with Gasteiger partial charge in [0.25, 0.3) is 5.91 Å². The number of carbonyl (C=O) groups is 3. The minimum Gasteiger partial charge on any atom is -0.466 e. The van der Waals surface area contributed by atoms with Crippen LogP contribution >= 0.6 is 0 Å². The summed E-state index contributed by atoms with van der Waals surface area (Å²) in [6.07, 6.45) is 1.72. The molecule has 1 aromatic rings. The van der Waals surface area contributed by atoms with E-state index >= 15 is 0 Å². The van der Waals surface area contributed by atoms with Crippen LogP contribution in [0.4, 0.5) is 5.69 Å². The third-order valence-electron chi connectivity index (χ3n) is 2.96. The predicted molar refractivity (Wildman–Crippen MR) is 88.1 cm³/mol. The molecule has 0 spiro atoms. The summed E-state index contributed by atoms with van der Waals surface area (Å²) in [5.74, 6) is -0.789. The van der Waals surface area contributed by atoms with Crippen molar-refractivity contribution in [2.24, 2.45) is 0 Å². The van der Waals surface area contributed by atoms with Crippen LogP contribution in [-0.2, 0) is 14.3 Å². The van der Waals surface area contributed by atoms with E-state index in [9.17, 15) is 14.4 Å². The zero-order valence-corrected chi connectivity index (χ0v) is 13.5. The highest BCUT2D eigenvalue weighted by atomic mass is 16.5. The number of nitrogens with one attached hydrogen (secondary N) is 1. The third kappa shape index (κ3) is 6.34. The minimum atomic E-state index is -0.346. The smallest absolute Gasteiger partial charge is 0.307 e. The van der Waals surface area contributed by atoms with E-state index in [4.69, 9.17) is 4.74 Å². The van der Waals surface area contributed by atoms with Crippen molar-refractivity contribution in [2.75, 3.05) is 25.0 Å². The van der Waals surface area contributed by atoms with Gasteiger partial charge in [-0.3, -0.25) is 14.4 Å². The molecule has 1 aromatic carbocycles. The van der Waals surface area contributed by atoms with Crippen molar-refractivity contribution in [2.45, 2.75) is 20.3 Å². The summed E-state index contributed by atoms with van der Waals surface area (Å²) < 4.78 is 4.87. The van der Waals surface area contributed by atoms with Crippen molar-refractivity contribution in [3.63, 3.8) is 0 Å². The number of hydrogen-bond acceptors (Lipinski definition) is 4. The van der Waals surface area contributed by atoms with E-state index < -0.39 is 0 Å². The summed E-state index contributed by atoms with van der Waals surface area (Å²) in [4.78, 5) is 36.6. The molecule has 0 saturated carbocycles. The van der Waals surface area contributed by atoms with E-state index in [2.05, 4.69) is 11.9 Å². The zero-order chi connectivity index (χ0) is 17.2. The van der Waals surface area contributed by atoms with E-state index in [1.165, 1.54) is 11.8 Å². The molecule has 0 fully saturated rings. The Balaban J connectivity index is 2.82. The van der Waals surface area contributed by atoms with Crippen molar-refractivity contribution >= 4 is 23.5 Å². The molecule has 0 atom stereocenters. The second-order valence-corrected chi connectivity index (χ2v) is 4.86. The van der Waals surface area contributed by atoms with Crippen molar-refractivity contribution in [3.05, 3.63) is 42.5 Å². The van der Waals surface area contributed by atoms with Gasteiger partial charge in [-0.25, -0.2) is 0 Å². The highest BCUT2D eigenvalue weighted by Gasteiger charge is 2.16. The van der Waals surface area contributed by atoms with Gasteiger partial charge in [0, 0.05) is 31.3 Å². The topological polar surface area (TPSA) is 75.7 Å². The Kier molecular flexibility index (Phi) is 7.53. The highest BCUT2D eigenvalue weighted by molar-refractivity contribution is 5.97. The molecule has 0 saturated heterocycles. The molecule has 0 heterocycles. The number of esters is 1. The Hall–Kier alpha value is -2.63. The van der Waals surface area contributed by atoms with Crippen LogP contribution in [0.3, 0.4) is 0 Å². The average Bonchev–Trinajstić information content (AvgIpc) is 2.50. The molecule has 23 heavy (non-hydrogen) atoms. The molecule has 1 rings (SSSR count). The van der Waals surface area contributed by atoms with Crippen molar-refractivity contribution < 1.29 is 19.1 Å². The predicted octanol–water partition coefficient (Wildman–Crippen LogP) is 2.23. The second kappa shape index (κ2) is 9.40. The Morgan fingerprint density at radius 1 is 1.35 bits per heavy atom. The van der Waals surface area contributed by atoms with Gasteiger partial charge >= 0.3 is 5.97 Å². The quantitative estimate of drug-likeness (QED) is 0.589. The number of rotatable bonds is 8. The van der Waals surface area contributed by atoms with Crippen LogP contribution in [0, 0.1) is 0 Å². The molecule has 0 aliphatic carbocycles. The number of anilines is 1. The number of amides is 2. The first-order valence-corrected chi connectivity index (χ1v) is 7.41. The second-order valence-electron chi connectivity index (χ2n) is 4.86. The van der Waals surface area contributed by atoms with E-state index in [-0.39, 0.29) is 30.7 Å². The maximum absolute atomic E-state index is 12.6. The Bertz CT molecular complexity index is 584. The summed E-state index contributed by atoms with van der Waals surface area (Å²) >= 11 is 0. The van der Waals surface area contributed by atoms with Crippen molar-refractivity contribution in [3.8, 4) is 0 Å². The molecule has 6 nitrogen and oxygen atoms in total. The Morgan fingerprint density at radius 2 is 2.09 bits per heavy atom. The van der Waals surface area contributed by atoms with Gasteiger partial charge in [-0.15, -0.1) is 6.58 Å². The van der Waals surface area contributed by atoms with Crippen LogP contribution in [0.15, 0.2) is 36.9 Å². The van der Waals surface area contributed by atoms with Gasteiger partial charge < -0.3 is 15.0 Å². The molecular formula is C17H22N2O4. The summed E-state index contributed by atoms with van der Waals surface area (Å²) in [5.41, 5.74) is 0.981. The molecule has 0 bridgehead atoms. The summed E-state index contributed by atoms with van der Waals surface area (Å²) in [6.45, 7) is 7.64. The largest absolute Gasteiger partial charge is 0.466 e. The first-order chi connectivity index (χ1) is 11.0. The highest BCUT2D eigenvalue weighted by Crippen LogP contribution is 2.13. The zero-order valence-electron chi connectivity index (χ0n) is 13.5. The number of hydrogen-bond donors (Lipinski definition) is 1. The van der Waals surface area contributed by atoms with Crippen LogP contribution in [0.2, 0.25) is 0 Å². The third-order valence-corrected chi connectivity index (χ3v) is 2.96. The molecular weight excluding hydrogens is 296 g/mol. The van der Waals surface area contributed by atoms with E-state index in [0.29, 0.717) is 24.4 Å². The first-order valence-electron chi connectivity index (χ1n) is 7.41. The van der Waals surface area contributed by atoms with Crippen molar-refractivity contribution in [1.29, 1.82) is 0 Å². The van der Waals surface area contributed by atoms with Crippen LogP contribution in [-0.4, -0.2) is 42.4 Å². The van der Waals surface area contributed by atoms with Gasteiger partial charge in [0.1, 0.15) is 0 Å². The molecule has 2 amide bonds. The van der Waals surface area contributed by atoms with Crippen LogP contribution in [0.25, 0.3) is 0 Å². The number of benzene rings is 1. The number of carbonyl (C=O) groups excluding carboxylic acids is 3. The Labute approximate surface area is 136 Å². The van der Waals surface area contributed by atoms with Gasteiger partial charge in [-0.2, -0.15) is 0 Å². The molecule has 0 aliphatic heterocycles. The van der Waals surface area contributed by atoms with Gasteiger partial charge in [-0.1, -0.05) is 12.1 Å². The first kappa shape index (κ1) is 18.4. The van der Waals surface area contributed by atoms with Gasteiger partial charge in [-0.05, 0) is 25.1 Å². The van der Waals surface area contributed by atoms with Crippen molar-refractivity contribution in [1.82, 2.24) is 4.90 Å². The lowest BCUT2D eigenvalue weighted by molar-refractivity contribution is -0.143. The van der Waals surface area contributed by atoms with Crippen LogP contribution in [0.1, 0.15) is 30.6 Å². The maximum Gasteiger partial charge on any atom is 0.307 e. The van der Waals surface area contributed by atoms with E-state index in [1.54, 1.807) is 37.3 Å². The molecule has 0 unspecified atom stereocenters. The van der Waals surface area contributed by atoms with Gasteiger partial charge in [0.2, 0.25) is 5.91 Å². The number of ether oxygens (including phenoxy) is 1. The lowest BCUT2D eigenvalue weighted by atomic mass is 10.1. The lowest BCUT2D eigenvalue weighted by Gasteiger charge is -2.21. The minimum absolute atomic E-state index is 0.124. The summed E-state index contributed by atoms with van der Waals surface area (Å²) in [7, 11) is 0. The van der Waals surface area contributed by atoms with E-state index in [1.807, 2.05) is 0 Å².